The summed E-state index contributed by atoms with van der Waals surface area (Å²) in [6.07, 6.45) is -8.66. The van der Waals surface area contributed by atoms with Crippen molar-refractivity contribution in [3.05, 3.63) is 0 Å². The van der Waals surface area contributed by atoms with Gasteiger partial charge >= 0.3 is 38.9 Å². The van der Waals surface area contributed by atoms with Gasteiger partial charge in [-0.3, -0.25) is 27.2 Å². The molecule has 30 heteroatoms. The first-order valence-corrected chi connectivity index (χ1v) is 22.4. The third-order valence-corrected chi connectivity index (χ3v) is 14.0. The Labute approximate surface area is 277 Å². The van der Waals surface area contributed by atoms with Crippen molar-refractivity contribution in [1.82, 2.24) is 0 Å². The van der Waals surface area contributed by atoms with Crippen LogP contribution < -0.4 is 0 Å². The fraction of sp³-hybridized carbons (Fsp3) is 1.00. The van der Waals surface area contributed by atoms with Crippen molar-refractivity contribution in [2.75, 3.05) is 32.7 Å². The number of aliphatic hydroxyl groups excluding tert-OH is 1. The number of halogens is 1. The van der Waals surface area contributed by atoms with Crippen LogP contribution in [-0.4, -0.2) is 140 Å². The van der Waals surface area contributed by atoms with Crippen LogP contribution in [0, 0.1) is 0 Å². The lowest BCUT2D eigenvalue weighted by atomic mass is 9.51. The maximum Gasteiger partial charge on any atom is 0.488 e. The molecule has 48 heavy (non-hydrogen) atoms. The molecular formula is C18H39B3FO21P5. The van der Waals surface area contributed by atoms with Gasteiger partial charge in [-0.05, 0) is 12.8 Å². The summed E-state index contributed by atoms with van der Waals surface area (Å²) in [4.78, 5) is 49.4. The van der Waals surface area contributed by atoms with Crippen molar-refractivity contribution in [3.63, 3.8) is 0 Å². The second-order valence-corrected chi connectivity index (χ2v) is 19.2. The van der Waals surface area contributed by atoms with E-state index in [0.29, 0.717) is 7.17 Å². The van der Waals surface area contributed by atoms with Gasteiger partial charge in [0.2, 0.25) is 0 Å². The summed E-state index contributed by atoms with van der Waals surface area (Å²) in [5, 5.41) is 9.94. The van der Waals surface area contributed by atoms with E-state index in [9.17, 15) is 56.8 Å². The van der Waals surface area contributed by atoms with Gasteiger partial charge in [0.1, 0.15) is 40.0 Å². The van der Waals surface area contributed by atoms with Gasteiger partial charge in [0.05, 0.1) is 52.0 Å². The van der Waals surface area contributed by atoms with Gasteiger partial charge in [0, 0.05) is 24.6 Å². The predicted octanol–water partition coefficient (Wildman–Crippen LogP) is -1.22. The summed E-state index contributed by atoms with van der Waals surface area (Å²) in [6, 6.07) is -1.14. The summed E-state index contributed by atoms with van der Waals surface area (Å²) in [5.74, 6) is 0. The Morgan fingerprint density at radius 3 is 1.79 bits per heavy atom. The third-order valence-electron chi connectivity index (χ3n) is 7.17. The number of alkyl halides is 1. The largest absolute Gasteiger partial charge is 0.488 e. The molecular weight excluding hydrogens is 758 g/mol. The molecule has 0 aliphatic carbocycles. The third kappa shape index (κ3) is 13.9. The van der Waals surface area contributed by atoms with E-state index in [4.69, 9.17) is 32.3 Å². The number of hydrogen-bond donors (Lipinski definition) is 6. The summed E-state index contributed by atoms with van der Waals surface area (Å²) in [5.41, 5.74) is 0. The normalized spacial score (nSPS) is 37.2. The SMILES string of the molecule is BB[C@H]1C[C@H](OP(=O)(O)OC[C@H]2O[C@@H](CF)C[C@@H]2O)[C@@H](COP(=O)(O)O[C@H]2C[C@H](B)O[C@@H]2COP(=O)(O)OP(=O)(O)OP(=O)(O)CC)O1. The van der Waals surface area contributed by atoms with E-state index < -0.39 is 126 Å². The van der Waals surface area contributed by atoms with Crippen LogP contribution in [0.2, 0.25) is 0 Å². The lowest BCUT2D eigenvalue weighted by Crippen LogP contribution is -2.31. The van der Waals surface area contributed by atoms with Crippen LogP contribution in [0.3, 0.4) is 0 Å². The predicted molar refractivity (Wildman–Crippen MR) is 165 cm³/mol. The van der Waals surface area contributed by atoms with Crippen LogP contribution in [0.1, 0.15) is 26.2 Å². The van der Waals surface area contributed by atoms with Crippen molar-refractivity contribution in [2.24, 2.45) is 0 Å². The fourth-order valence-electron chi connectivity index (χ4n) is 4.86. The van der Waals surface area contributed by atoms with Gasteiger partial charge in [0.15, 0.2) is 0 Å². The van der Waals surface area contributed by atoms with Crippen molar-refractivity contribution in [1.29, 1.82) is 0 Å². The number of hydrogen-bond acceptors (Lipinski definition) is 16. The quantitative estimate of drug-likeness (QED) is 0.0621. The molecule has 0 bridgehead atoms. The number of phosphoric acid groups is 4. The zero-order valence-electron chi connectivity index (χ0n) is 26.0. The highest BCUT2D eigenvalue weighted by molar-refractivity contribution is 7.68. The maximum atomic E-state index is 12.9. The molecule has 0 aromatic rings. The Morgan fingerprint density at radius 2 is 1.27 bits per heavy atom. The molecule has 0 spiro atoms. The van der Waals surface area contributed by atoms with Crippen molar-refractivity contribution < 1.29 is 102 Å². The average Bonchev–Trinajstić information content (AvgIpc) is 3.63. The Balaban J connectivity index is 1.54. The lowest BCUT2D eigenvalue weighted by Gasteiger charge is -2.25. The molecule has 3 heterocycles. The average molecular weight is 798 g/mol. The number of rotatable bonds is 20. The smallest absolute Gasteiger partial charge is 0.390 e. The van der Waals surface area contributed by atoms with Gasteiger partial charge in [-0.15, -0.1) is 0 Å². The molecule has 14 atom stereocenters. The van der Waals surface area contributed by atoms with Crippen LogP contribution in [0.25, 0.3) is 0 Å². The first-order valence-electron chi connectivity index (χ1n) is 14.6. The fourth-order valence-corrected chi connectivity index (χ4v) is 10.5. The minimum absolute atomic E-state index is 0.0212. The summed E-state index contributed by atoms with van der Waals surface area (Å²) >= 11 is 0. The van der Waals surface area contributed by atoms with E-state index in [1.54, 1.807) is 7.74 Å². The van der Waals surface area contributed by atoms with E-state index in [2.05, 4.69) is 13.1 Å². The molecule has 3 saturated heterocycles. The molecule has 21 nitrogen and oxygen atoms in total. The van der Waals surface area contributed by atoms with Crippen LogP contribution in [-0.2, 0) is 68.3 Å². The van der Waals surface area contributed by atoms with E-state index >= 15 is 0 Å². The Bertz CT molecular complexity index is 1320. The van der Waals surface area contributed by atoms with Crippen molar-refractivity contribution >= 4 is 61.6 Å². The van der Waals surface area contributed by atoms with Crippen LogP contribution in [0.15, 0.2) is 0 Å². The van der Waals surface area contributed by atoms with Gasteiger partial charge in [-0.2, -0.15) is 4.31 Å². The molecule has 0 radical (unpaired) electrons. The molecule has 3 aliphatic rings. The van der Waals surface area contributed by atoms with E-state index in [1.807, 2.05) is 0 Å². The van der Waals surface area contributed by atoms with Gasteiger partial charge in [0.25, 0.3) is 0 Å². The highest BCUT2D eigenvalue weighted by Crippen LogP contribution is 2.67. The molecule has 0 aromatic heterocycles. The number of ether oxygens (including phenoxy) is 3. The monoisotopic (exact) mass is 798 g/mol. The van der Waals surface area contributed by atoms with Crippen LogP contribution >= 0.6 is 38.9 Å². The molecule has 0 amide bonds. The first-order chi connectivity index (χ1) is 22.1. The second kappa shape index (κ2) is 17.6. The molecule has 5 unspecified atom stereocenters. The molecule has 3 fully saturated rings. The zero-order chi connectivity index (χ0) is 36.1. The summed E-state index contributed by atoms with van der Waals surface area (Å²) < 4.78 is 123. The highest BCUT2D eigenvalue weighted by atomic mass is 31.3. The van der Waals surface area contributed by atoms with E-state index in [-0.39, 0.29) is 19.3 Å². The number of phosphoric ester groups is 3. The second-order valence-electron chi connectivity index (χ2n) is 11.1. The Kier molecular flexibility index (Phi) is 15.8. The standard InChI is InChI=1S/C18H39B3FO21P5/c1-2-44(24,25)42-48(32,33)43-47(30,31)36-8-15-12(4-17(19)38-15)40-46(28,29)35-9-16-13(5-18(21-20)39-16)41-45(26,27)34-7-14-11(23)3-10(6-22)37-14/h10-18,21,23H,2-9,19-20H2,1H3,(H,24,25)(H,26,27)(H,28,29)(H,30,31)(H,32,33)/t10-,11+,12+,13+,14-,15-,16-,17-,18-/m1/s1. The van der Waals surface area contributed by atoms with E-state index in [1.165, 1.54) is 7.85 Å². The number of aliphatic hydroxyl groups is 1. The molecule has 3 aliphatic heterocycles. The minimum Gasteiger partial charge on any atom is -0.390 e. The first kappa shape index (κ1) is 43.0. The van der Waals surface area contributed by atoms with Crippen LogP contribution in [0.4, 0.5) is 4.39 Å². The Hall–Kier alpha value is 0.635. The lowest BCUT2D eigenvalue weighted by molar-refractivity contribution is -0.0396. The molecule has 0 saturated carbocycles. The summed E-state index contributed by atoms with van der Waals surface area (Å²) in [7, 11) is -21.7. The topological polar surface area (TPSA) is 299 Å². The minimum atomic E-state index is -5.55. The highest BCUT2D eigenvalue weighted by Gasteiger charge is 2.46. The van der Waals surface area contributed by atoms with Gasteiger partial charge in [-0.1, -0.05) is 6.92 Å². The van der Waals surface area contributed by atoms with Crippen LogP contribution in [0.5, 0.6) is 0 Å². The van der Waals surface area contributed by atoms with Gasteiger partial charge < -0.3 is 43.8 Å². The van der Waals surface area contributed by atoms with Crippen molar-refractivity contribution in [3.8, 4) is 0 Å². The maximum absolute atomic E-state index is 12.9. The molecule has 6 N–H and O–H groups in total. The molecule has 3 rings (SSSR count). The Morgan fingerprint density at radius 1 is 0.750 bits per heavy atom. The molecule has 0 aromatic carbocycles. The summed E-state index contributed by atoms with van der Waals surface area (Å²) in [6.45, 7) is -1.88. The van der Waals surface area contributed by atoms with Crippen molar-refractivity contribution in [2.45, 2.75) is 80.9 Å². The van der Waals surface area contributed by atoms with E-state index in [0.717, 1.165) is 6.92 Å². The van der Waals surface area contributed by atoms with Gasteiger partial charge in [-0.25, -0.2) is 27.0 Å². The molecule has 278 valence electrons. The zero-order valence-corrected chi connectivity index (χ0v) is 30.5.